The summed E-state index contributed by atoms with van der Waals surface area (Å²) in [6, 6.07) is 4.09. The van der Waals surface area contributed by atoms with Crippen LogP contribution < -0.4 is 9.47 Å². The van der Waals surface area contributed by atoms with Crippen LogP contribution in [0.5, 0.6) is 11.5 Å². The number of hydrogen-bond acceptors (Lipinski definition) is 3. The molecule has 1 heterocycles. The van der Waals surface area contributed by atoms with Crippen LogP contribution in [0.3, 0.4) is 0 Å². The van der Waals surface area contributed by atoms with Gasteiger partial charge in [-0.25, -0.2) is 0 Å². The van der Waals surface area contributed by atoms with Crippen LogP contribution in [0.25, 0.3) is 0 Å². The van der Waals surface area contributed by atoms with Crippen LogP contribution in [-0.4, -0.2) is 23.9 Å². The fourth-order valence-corrected chi connectivity index (χ4v) is 2.65. The van der Waals surface area contributed by atoms with Crippen molar-refractivity contribution in [1.29, 1.82) is 0 Å². The lowest BCUT2D eigenvalue weighted by Crippen LogP contribution is -2.40. The Morgan fingerprint density at radius 3 is 2.58 bits per heavy atom. The highest BCUT2D eigenvalue weighted by molar-refractivity contribution is 5.48. The highest BCUT2D eigenvalue weighted by atomic mass is 16.5. The first-order valence-corrected chi connectivity index (χ1v) is 6.90. The van der Waals surface area contributed by atoms with Crippen molar-refractivity contribution in [3.05, 3.63) is 23.3 Å². The van der Waals surface area contributed by atoms with E-state index in [-0.39, 0.29) is 6.10 Å². The molecule has 0 bridgehead atoms. The predicted molar refractivity (Wildman–Crippen MR) is 76.1 cm³/mol. The van der Waals surface area contributed by atoms with Gasteiger partial charge in [0.2, 0.25) is 0 Å². The van der Waals surface area contributed by atoms with Crippen LogP contribution in [0.15, 0.2) is 12.1 Å². The smallest absolute Gasteiger partial charge is 0.127 e. The molecule has 1 aliphatic rings. The third-order valence-electron chi connectivity index (χ3n) is 3.98. The molecule has 0 spiro atoms. The maximum atomic E-state index is 10.2. The summed E-state index contributed by atoms with van der Waals surface area (Å²) in [6.45, 7) is 7.83. The maximum Gasteiger partial charge on any atom is 0.127 e. The maximum absolute atomic E-state index is 10.2. The minimum absolute atomic E-state index is 0.163. The van der Waals surface area contributed by atoms with E-state index in [1.54, 1.807) is 7.11 Å². The first-order valence-electron chi connectivity index (χ1n) is 6.90. The molecule has 2 atom stereocenters. The topological polar surface area (TPSA) is 38.7 Å². The van der Waals surface area contributed by atoms with Crippen molar-refractivity contribution in [3.8, 4) is 11.5 Å². The molecular weight excluding hydrogens is 240 g/mol. The molecule has 1 aromatic rings. The van der Waals surface area contributed by atoms with Crippen LogP contribution in [-0.2, 0) is 0 Å². The minimum Gasteiger partial charge on any atom is -0.496 e. The Balaban J connectivity index is 2.42. The SMILES string of the molecule is COc1cc2c(cc1C)O[C@H](C(C)(C)O)CC[C@@H]2C. The Labute approximate surface area is 115 Å². The van der Waals surface area contributed by atoms with Gasteiger partial charge < -0.3 is 14.6 Å². The van der Waals surface area contributed by atoms with Gasteiger partial charge in [0.1, 0.15) is 17.6 Å². The zero-order valence-electron chi connectivity index (χ0n) is 12.5. The number of rotatable bonds is 2. The highest BCUT2D eigenvalue weighted by Crippen LogP contribution is 2.40. The van der Waals surface area contributed by atoms with E-state index in [2.05, 4.69) is 13.0 Å². The van der Waals surface area contributed by atoms with Crippen LogP contribution in [0.2, 0.25) is 0 Å². The molecule has 19 heavy (non-hydrogen) atoms. The standard InChI is InChI=1S/C16H24O3/c1-10-6-7-15(16(3,4)17)19-14-8-11(2)13(18-5)9-12(10)14/h8-10,15,17H,6-7H2,1-5H3/t10-,15-/m0/s1. The number of aliphatic hydroxyl groups is 1. The van der Waals surface area contributed by atoms with E-state index >= 15 is 0 Å². The number of fused-ring (bicyclic) bond motifs is 1. The fraction of sp³-hybridized carbons (Fsp3) is 0.625. The largest absolute Gasteiger partial charge is 0.496 e. The van der Waals surface area contributed by atoms with Crippen molar-refractivity contribution in [1.82, 2.24) is 0 Å². The van der Waals surface area contributed by atoms with Gasteiger partial charge in [-0.2, -0.15) is 0 Å². The van der Waals surface area contributed by atoms with Gasteiger partial charge in [0.15, 0.2) is 0 Å². The molecule has 1 aromatic carbocycles. The summed E-state index contributed by atoms with van der Waals surface area (Å²) in [6.07, 6.45) is 1.71. The molecule has 0 fully saturated rings. The number of hydrogen-bond donors (Lipinski definition) is 1. The highest BCUT2D eigenvalue weighted by Gasteiger charge is 2.33. The molecule has 0 aliphatic carbocycles. The summed E-state index contributed by atoms with van der Waals surface area (Å²) in [4.78, 5) is 0. The molecule has 0 amide bonds. The van der Waals surface area contributed by atoms with Gasteiger partial charge in [0.05, 0.1) is 12.7 Å². The Morgan fingerprint density at radius 1 is 1.32 bits per heavy atom. The molecule has 1 N–H and O–H groups in total. The van der Waals surface area contributed by atoms with Crippen LogP contribution in [0.4, 0.5) is 0 Å². The molecule has 2 rings (SSSR count). The number of ether oxygens (including phenoxy) is 2. The van der Waals surface area contributed by atoms with E-state index in [9.17, 15) is 5.11 Å². The lowest BCUT2D eigenvalue weighted by Gasteiger charge is -2.29. The van der Waals surface area contributed by atoms with Crippen molar-refractivity contribution in [2.24, 2.45) is 0 Å². The predicted octanol–water partition coefficient (Wildman–Crippen LogP) is 3.42. The zero-order chi connectivity index (χ0) is 14.2. The van der Waals surface area contributed by atoms with Crippen molar-refractivity contribution < 1.29 is 14.6 Å². The lowest BCUT2D eigenvalue weighted by atomic mass is 9.91. The summed E-state index contributed by atoms with van der Waals surface area (Å²) >= 11 is 0. The first kappa shape index (κ1) is 14.2. The molecule has 0 unspecified atom stereocenters. The lowest BCUT2D eigenvalue weighted by molar-refractivity contribution is -0.0361. The Kier molecular flexibility index (Phi) is 3.77. The molecule has 0 aromatic heterocycles. The summed E-state index contributed by atoms with van der Waals surface area (Å²) in [5, 5.41) is 10.2. The average Bonchev–Trinajstić information content (AvgIpc) is 2.47. The first-order chi connectivity index (χ1) is 8.82. The van der Waals surface area contributed by atoms with Gasteiger partial charge in [-0.15, -0.1) is 0 Å². The van der Waals surface area contributed by atoms with E-state index in [4.69, 9.17) is 9.47 Å². The van der Waals surface area contributed by atoms with E-state index in [1.807, 2.05) is 26.8 Å². The van der Waals surface area contributed by atoms with Gasteiger partial charge in [-0.05, 0) is 57.2 Å². The molecule has 3 heteroatoms. The Hall–Kier alpha value is -1.22. The molecular formula is C16H24O3. The van der Waals surface area contributed by atoms with Gasteiger partial charge >= 0.3 is 0 Å². The van der Waals surface area contributed by atoms with Crippen LogP contribution in [0, 0.1) is 6.92 Å². The number of methoxy groups -OCH3 is 1. The molecule has 0 saturated heterocycles. The second-order valence-corrected chi connectivity index (χ2v) is 6.10. The van der Waals surface area contributed by atoms with Crippen molar-refractivity contribution in [2.45, 2.75) is 58.2 Å². The van der Waals surface area contributed by atoms with Crippen molar-refractivity contribution in [2.75, 3.05) is 7.11 Å². The normalized spacial score (nSPS) is 23.3. The van der Waals surface area contributed by atoms with Crippen molar-refractivity contribution in [3.63, 3.8) is 0 Å². The van der Waals surface area contributed by atoms with E-state index in [0.717, 1.165) is 29.9 Å². The Morgan fingerprint density at radius 2 is 2.00 bits per heavy atom. The van der Waals surface area contributed by atoms with E-state index < -0.39 is 5.60 Å². The number of benzene rings is 1. The van der Waals surface area contributed by atoms with Crippen molar-refractivity contribution >= 4 is 0 Å². The third-order valence-corrected chi connectivity index (χ3v) is 3.98. The molecule has 3 nitrogen and oxygen atoms in total. The van der Waals surface area contributed by atoms with Crippen LogP contribution in [0.1, 0.15) is 50.7 Å². The minimum atomic E-state index is -0.824. The molecule has 1 aliphatic heterocycles. The molecule has 0 radical (unpaired) electrons. The summed E-state index contributed by atoms with van der Waals surface area (Å²) in [5.74, 6) is 2.20. The summed E-state index contributed by atoms with van der Waals surface area (Å²) in [7, 11) is 1.69. The van der Waals surface area contributed by atoms with E-state index in [1.165, 1.54) is 5.56 Å². The molecule has 0 saturated carbocycles. The fourth-order valence-electron chi connectivity index (χ4n) is 2.65. The second kappa shape index (κ2) is 5.04. The van der Waals surface area contributed by atoms with Gasteiger partial charge in [0.25, 0.3) is 0 Å². The zero-order valence-corrected chi connectivity index (χ0v) is 12.5. The van der Waals surface area contributed by atoms with Gasteiger partial charge in [-0.1, -0.05) is 6.92 Å². The number of aryl methyl sites for hydroxylation is 1. The average molecular weight is 264 g/mol. The summed E-state index contributed by atoms with van der Waals surface area (Å²) < 4.78 is 11.5. The van der Waals surface area contributed by atoms with Gasteiger partial charge in [-0.3, -0.25) is 0 Å². The molecule has 106 valence electrons. The third kappa shape index (κ3) is 2.86. The van der Waals surface area contributed by atoms with E-state index in [0.29, 0.717) is 5.92 Å². The quantitative estimate of drug-likeness (QED) is 0.889. The monoisotopic (exact) mass is 264 g/mol. The van der Waals surface area contributed by atoms with Gasteiger partial charge in [0, 0.05) is 5.56 Å². The van der Waals surface area contributed by atoms with Crippen LogP contribution >= 0.6 is 0 Å². The Bertz CT molecular complexity index is 460. The summed E-state index contributed by atoms with van der Waals surface area (Å²) in [5.41, 5.74) is 1.41. The second-order valence-electron chi connectivity index (χ2n) is 6.10.